The summed E-state index contributed by atoms with van der Waals surface area (Å²) in [5.41, 5.74) is 0.772. The number of halogens is 1. The van der Waals surface area contributed by atoms with E-state index >= 15 is 0 Å². The molecule has 0 aliphatic carbocycles. The molecule has 2 aromatic rings. The molecule has 0 spiro atoms. The number of nitriles is 1. The third-order valence-electron chi connectivity index (χ3n) is 2.60. The number of benzene rings is 1. The van der Waals surface area contributed by atoms with E-state index < -0.39 is 5.91 Å². The maximum atomic E-state index is 11.9. The molecular formula is C15H12BrN3O2. The first kappa shape index (κ1) is 14.9. The van der Waals surface area contributed by atoms with Crippen LogP contribution >= 0.6 is 15.9 Å². The Labute approximate surface area is 130 Å². The molecule has 106 valence electrons. The first-order valence-electron chi connectivity index (χ1n) is 6.12. The van der Waals surface area contributed by atoms with Crippen molar-refractivity contribution in [2.75, 3.05) is 5.32 Å². The predicted octanol–water partition coefficient (Wildman–Crippen LogP) is 3.18. The molecule has 1 heterocycles. The molecule has 6 heteroatoms. The highest BCUT2D eigenvalue weighted by Crippen LogP contribution is 2.14. The lowest BCUT2D eigenvalue weighted by Crippen LogP contribution is -2.24. The predicted molar refractivity (Wildman–Crippen MR) is 82.0 cm³/mol. The molecule has 21 heavy (non-hydrogen) atoms. The Morgan fingerprint density at radius 3 is 2.71 bits per heavy atom. The fraction of sp³-hybridized carbons (Fsp3) is 0.0667. The van der Waals surface area contributed by atoms with E-state index in [9.17, 15) is 4.79 Å². The lowest BCUT2D eigenvalue weighted by atomic mass is 10.2. The lowest BCUT2D eigenvalue weighted by molar-refractivity contribution is -0.117. The molecule has 2 N–H and O–H groups in total. The maximum Gasteiger partial charge on any atom is 0.263 e. The Morgan fingerprint density at radius 2 is 2.10 bits per heavy atom. The van der Waals surface area contributed by atoms with Gasteiger partial charge in [-0.15, -0.1) is 0 Å². The Kier molecular flexibility index (Phi) is 5.18. The minimum Gasteiger partial charge on any atom is -0.467 e. The number of hydrogen-bond donors (Lipinski definition) is 2. The zero-order valence-corrected chi connectivity index (χ0v) is 12.6. The number of carbonyl (C=O) groups excluding carboxylic acids is 1. The Bertz CT molecular complexity index is 670. The summed E-state index contributed by atoms with van der Waals surface area (Å²) in [7, 11) is 0. The van der Waals surface area contributed by atoms with E-state index in [0.717, 1.165) is 10.2 Å². The summed E-state index contributed by atoms with van der Waals surface area (Å²) in [6.07, 6.45) is 2.90. The van der Waals surface area contributed by atoms with Gasteiger partial charge in [0, 0.05) is 16.4 Å². The van der Waals surface area contributed by atoms with Crippen LogP contribution in [0, 0.1) is 11.3 Å². The van der Waals surface area contributed by atoms with Crippen LogP contribution in [0.4, 0.5) is 5.69 Å². The highest BCUT2D eigenvalue weighted by Gasteiger charge is 2.09. The van der Waals surface area contributed by atoms with Crippen molar-refractivity contribution in [1.29, 1.82) is 5.26 Å². The van der Waals surface area contributed by atoms with Crippen molar-refractivity contribution in [3.05, 3.63) is 64.7 Å². The van der Waals surface area contributed by atoms with E-state index in [1.165, 1.54) is 12.5 Å². The topological polar surface area (TPSA) is 78.1 Å². The molecule has 0 aliphatic heterocycles. The van der Waals surface area contributed by atoms with Crippen LogP contribution in [0.25, 0.3) is 0 Å². The quantitative estimate of drug-likeness (QED) is 0.644. The van der Waals surface area contributed by atoms with Gasteiger partial charge in [-0.2, -0.15) is 5.26 Å². The van der Waals surface area contributed by atoms with Crippen LogP contribution in [0.5, 0.6) is 0 Å². The zero-order chi connectivity index (χ0) is 15.1. The highest BCUT2D eigenvalue weighted by molar-refractivity contribution is 9.10. The number of furan rings is 1. The maximum absolute atomic E-state index is 11.9. The van der Waals surface area contributed by atoms with Crippen molar-refractivity contribution in [1.82, 2.24) is 5.32 Å². The molecule has 0 unspecified atom stereocenters. The van der Waals surface area contributed by atoms with Gasteiger partial charge in [-0.1, -0.05) is 15.9 Å². The third-order valence-corrected chi connectivity index (χ3v) is 3.12. The standard InChI is InChI=1S/C15H12BrN3O2/c16-12-3-5-13(6-4-12)18-9-11(8-17)15(20)19-10-14-2-1-7-21-14/h1-7,9,18H,10H2,(H,19,20)/b11-9+. The summed E-state index contributed by atoms with van der Waals surface area (Å²) >= 11 is 3.33. The molecule has 0 radical (unpaired) electrons. The van der Waals surface area contributed by atoms with Crippen molar-refractivity contribution in [2.45, 2.75) is 6.54 Å². The largest absolute Gasteiger partial charge is 0.467 e. The summed E-state index contributed by atoms with van der Waals surface area (Å²) in [5.74, 6) is 0.167. The summed E-state index contributed by atoms with van der Waals surface area (Å²) in [6.45, 7) is 0.239. The average Bonchev–Trinajstić information content (AvgIpc) is 3.01. The van der Waals surface area contributed by atoms with Crippen LogP contribution in [-0.4, -0.2) is 5.91 Å². The first-order chi connectivity index (χ1) is 10.2. The summed E-state index contributed by atoms with van der Waals surface area (Å²) in [5, 5.41) is 14.5. The Morgan fingerprint density at radius 1 is 1.33 bits per heavy atom. The second-order valence-electron chi connectivity index (χ2n) is 4.08. The van der Waals surface area contributed by atoms with E-state index in [2.05, 4.69) is 26.6 Å². The number of rotatable bonds is 5. The van der Waals surface area contributed by atoms with Gasteiger partial charge in [-0.3, -0.25) is 4.79 Å². The molecule has 1 amide bonds. The van der Waals surface area contributed by atoms with E-state index in [1.54, 1.807) is 12.1 Å². The van der Waals surface area contributed by atoms with Gasteiger partial charge in [-0.25, -0.2) is 0 Å². The fourth-order valence-corrected chi connectivity index (χ4v) is 1.79. The van der Waals surface area contributed by atoms with Crippen molar-refractivity contribution < 1.29 is 9.21 Å². The van der Waals surface area contributed by atoms with E-state index in [4.69, 9.17) is 9.68 Å². The molecular weight excluding hydrogens is 334 g/mol. The van der Waals surface area contributed by atoms with Crippen LogP contribution in [0.15, 0.2) is 63.3 Å². The first-order valence-corrected chi connectivity index (χ1v) is 6.91. The smallest absolute Gasteiger partial charge is 0.263 e. The molecule has 0 atom stereocenters. The number of amides is 1. The van der Waals surface area contributed by atoms with Gasteiger partial charge in [-0.05, 0) is 36.4 Å². The van der Waals surface area contributed by atoms with Gasteiger partial charge < -0.3 is 15.1 Å². The molecule has 0 bridgehead atoms. The van der Waals surface area contributed by atoms with E-state index in [-0.39, 0.29) is 12.1 Å². The fourth-order valence-electron chi connectivity index (χ4n) is 1.53. The van der Waals surface area contributed by atoms with Crippen LogP contribution < -0.4 is 10.6 Å². The highest BCUT2D eigenvalue weighted by atomic mass is 79.9. The average molecular weight is 346 g/mol. The SMILES string of the molecule is N#C/C(=C\Nc1ccc(Br)cc1)C(=O)NCc1ccco1. The van der Waals surface area contributed by atoms with Crippen molar-refractivity contribution in [2.24, 2.45) is 0 Å². The van der Waals surface area contributed by atoms with Crippen LogP contribution in [0.2, 0.25) is 0 Å². The molecule has 0 fully saturated rings. The second kappa shape index (κ2) is 7.31. The minimum absolute atomic E-state index is 0.00975. The molecule has 2 rings (SSSR count). The molecule has 0 saturated carbocycles. The van der Waals surface area contributed by atoms with Gasteiger partial charge >= 0.3 is 0 Å². The van der Waals surface area contributed by atoms with Crippen LogP contribution in [0.3, 0.4) is 0 Å². The molecule has 0 saturated heterocycles. The Balaban J connectivity index is 1.94. The number of nitrogens with one attached hydrogen (secondary N) is 2. The number of nitrogens with zero attached hydrogens (tertiary/aromatic N) is 1. The second-order valence-corrected chi connectivity index (χ2v) is 5.00. The van der Waals surface area contributed by atoms with Crippen molar-refractivity contribution >= 4 is 27.5 Å². The van der Waals surface area contributed by atoms with Gasteiger partial charge in [0.15, 0.2) is 0 Å². The third kappa shape index (κ3) is 4.51. The summed E-state index contributed by atoms with van der Waals surface area (Å²) in [6, 6.07) is 12.7. The number of hydrogen-bond acceptors (Lipinski definition) is 4. The van der Waals surface area contributed by atoms with Gasteiger partial charge in [0.05, 0.1) is 12.8 Å². The lowest BCUT2D eigenvalue weighted by Gasteiger charge is -2.04. The van der Waals surface area contributed by atoms with Crippen LogP contribution in [-0.2, 0) is 11.3 Å². The minimum atomic E-state index is -0.460. The van der Waals surface area contributed by atoms with Crippen molar-refractivity contribution in [3.63, 3.8) is 0 Å². The normalized spacial score (nSPS) is 10.8. The molecule has 5 nitrogen and oxygen atoms in total. The van der Waals surface area contributed by atoms with Gasteiger partial charge in [0.25, 0.3) is 5.91 Å². The number of carbonyl (C=O) groups is 1. The van der Waals surface area contributed by atoms with E-state index in [1.807, 2.05) is 30.3 Å². The molecule has 0 aliphatic rings. The van der Waals surface area contributed by atoms with E-state index in [0.29, 0.717) is 5.76 Å². The molecule has 1 aromatic heterocycles. The Hall–Kier alpha value is -2.52. The van der Waals surface area contributed by atoms with Crippen molar-refractivity contribution in [3.8, 4) is 6.07 Å². The summed E-state index contributed by atoms with van der Waals surface area (Å²) < 4.78 is 6.05. The zero-order valence-electron chi connectivity index (χ0n) is 11.0. The van der Waals surface area contributed by atoms with Gasteiger partial charge in [0.2, 0.25) is 0 Å². The number of anilines is 1. The monoisotopic (exact) mass is 345 g/mol. The van der Waals surface area contributed by atoms with Crippen LogP contribution in [0.1, 0.15) is 5.76 Å². The van der Waals surface area contributed by atoms with Gasteiger partial charge in [0.1, 0.15) is 17.4 Å². The molecule has 1 aromatic carbocycles. The summed E-state index contributed by atoms with van der Waals surface area (Å²) in [4.78, 5) is 11.9.